The number of nitrogens with one attached hydrogen (secondary N) is 3. The number of likely N-dealkylation sites (tertiary alicyclic amines) is 1. The van der Waals surface area contributed by atoms with E-state index >= 15 is 0 Å². The number of carbonyl (C=O) groups excluding carboxylic acids is 1. The number of anilines is 3. The first-order valence-electron chi connectivity index (χ1n) is 13.0. The number of fused-ring (bicyclic) bond motifs is 1. The normalized spacial score (nSPS) is 21.1. The van der Waals surface area contributed by atoms with Crippen molar-refractivity contribution >= 4 is 35.1 Å². The third kappa shape index (κ3) is 5.92. The van der Waals surface area contributed by atoms with Gasteiger partial charge in [0.25, 0.3) is 5.91 Å². The van der Waals surface area contributed by atoms with Crippen LogP contribution in [0.15, 0.2) is 48.5 Å². The van der Waals surface area contributed by atoms with E-state index in [2.05, 4.69) is 30.9 Å². The van der Waals surface area contributed by atoms with E-state index in [1.165, 1.54) is 0 Å². The van der Waals surface area contributed by atoms with Crippen molar-refractivity contribution in [2.24, 2.45) is 11.8 Å². The first-order valence-corrected chi connectivity index (χ1v) is 13.4. The smallest absolute Gasteiger partial charge is 0.422 e. The highest BCUT2D eigenvalue weighted by molar-refractivity contribution is 6.30. The van der Waals surface area contributed by atoms with Crippen molar-refractivity contribution in [3.63, 3.8) is 0 Å². The summed E-state index contributed by atoms with van der Waals surface area (Å²) < 4.78 is 43.3. The van der Waals surface area contributed by atoms with Gasteiger partial charge in [0, 0.05) is 42.5 Å². The van der Waals surface area contributed by atoms with Crippen molar-refractivity contribution in [3.05, 3.63) is 64.7 Å². The lowest BCUT2D eigenvalue weighted by Gasteiger charge is -2.19. The van der Waals surface area contributed by atoms with E-state index in [9.17, 15) is 18.0 Å². The largest absolute Gasteiger partial charge is 0.454 e. The number of ether oxygens (including phenoxy) is 1. The lowest BCUT2D eigenvalue weighted by molar-refractivity contribution is -0.154. The van der Waals surface area contributed by atoms with Crippen molar-refractivity contribution in [1.29, 1.82) is 0 Å². The summed E-state index contributed by atoms with van der Waals surface area (Å²) in [5.74, 6) is 1.05. The van der Waals surface area contributed by atoms with Gasteiger partial charge in [-0.05, 0) is 66.6 Å². The monoisotopic (exact) mass is 573 g/mol. The van der Waals surface area contributed by atoms with E-state index in [0.29, 0.717) is 28.1 Å². The first-order chi connectivity index (χ1) is 19.2. The van der Waals surface area contributed by atoms with E-state index < -0.39 is 24.3 Å². The summed E-state index contributed by atoms with van der Waals surface area (Å²) in [6.45, 7) is 1.83. The molecular formula is C27H27ClF3N7O2. The molecule has 40 heavy (non-hydrogen) atoms. The molecule has 3 aromatic rings. The Morgan fingerprint density at radius 1 is 1.00 bits per heavy atom. The quantitative estimate of drug-likeness (QED) is 0.359. The molecule has 0 spiro atoms. The second-order valence-electron chi connectivity index (χ2n) is 10.5. The number of hydrogen-bond acceptors (Lipinski definition) is 8. The van der Waals surface area contributed by atoms with Crippen LogP contribution in [0.5, 0.6) is 6.01 Å². The third-order valence-corrected chi connectivity index (χ3v) is 7.79. The number of halogens is 4. The Morgan fingerprint density at radius 2 is 1.65 bits per heavy atom. The average molecular weight is 574 g/mol. The molecule has 1 aromatic heterocycles. The predicted octanol–water partition coefficient (Wildman–Crippen LogP) is 4.60. The summed E-state index contributed by atoms with van der Waals surface area (Å²) in [7, 11) is 0. The molecule has 1 aliphatic carbocycles. The molecule has 210 valence electrons. The molecule has 0 radical (unpaired) electrons. The Kier molecular flexibility index (Phi) is 6.91. The van der Waals surface area contributed by atoms with Crippen molar-refractivity contribution in [2.75, 3.05) is 43.4 Å². The van der Waals surface area contributed by atoms with Crippen LogP contribution in [0.3, 0.4) is 0 Å². The summed E-state index contributed by atoms with van der Waals surface area (Å²) in [6, 6.07) is 13.7. The molecule has 3 heterocycles. The molecular weight excluding hydrogens is 547 g/mol. The van der Waals surface area contributed by atoms with Crippen LogP contribution < -0.4 is 20.7 Å². The highest BCUT2D eigenvalue weighted by Crippen LogP contribution is 2.48. The highest BCUT2D eigenvalue weighted by Gasteiger charge is 2.45. The van der Waals surface area contributed by atoms with E-state index in [-0.39, 0.29) is 17.8 Å². The number of benzene rings is 2. The summed E-state index contributed by atoms with van der Waals surface area (Å²) >= 11 is 6.02. The van der Waals surface area contributed by atoms with Crippen LogP contribution in [0.25, 0.3) is 0 Å². The molecule has 2 aliphatic heterocycles. The van der Waals surface area contributed by atoms with Crippen molar-refractivity contribution < 1.29 is 22.7 Å². The molecule has 1 amide bonds. The minimum atomic E-state index is -4.55. The number of nitrogens with zero attached hydrogens (tertiary/aromatic N) is 4. The fourth-order valence-electron chi connectivity index (χ4n) is 5.30. The number of carbonyl (C=O) groups is 1. The molecule has 2 unspecified atom stereocenters. The Balaban J connectivity index is 1.19. The Labute approximate surface area is 233 Å². The summed E-state index contributed by atoms with van der Waals surface area (Å²) in [5.41, 5.74) is 1.61. The van der Waals surface area contributed by atoms with Gasteiger partial charge in [-0.15, -0.1) is 0 Å². The fraction of sp³-hybridized carbons (Fsp3) is 0.407. The first kappa shape index (κ1) is 26.6. The lowest BCUT2D eigenvalue weighted by atomic mass is 10.0. The third-order valence-electron chi connectivity index (χ3n) is 7.54. The Bertz CT molecular complexity index is 1370. The van der Waals surface area contributed by atoms with Gasteiger partial charge in [-0.2, -0.15) is 28.1 Å². The molecule has 2 aromatic carbocycles. The number of rotatable bonds is 8. The Morgan fingerprint density at radius 3 is 2.27 bits per heavy atom. The fourth-order valence-corrected chi connectivity index (χ4v) is 5.43. The standard InChI is InChI=1S/C27H27ClF3N7O2/c28-20-5-3-19(4-6-20)26(9-10-26)37-24-34-23(35-25(36-24)40-15-27(29,30)31)33-21-7-1-16(2-8-21)22(39)38-13-17-11-32-12-18(17)14-38/h1-8,17-18,32H,9-15H2,(H2,33,34,35,36,37). The van der Waals surface area contributed by atoms with Crippen molar-refractivity contribution in [2.45, 2.75) is 24.6 Å². The van der Waals surface area contributed by atoms with Gasteiger partial charge < -0.3 is 25.6 Å². The number of alkyl halides is 3. The summed E-state index contributed by atoms with van der Waals surface area (Å²) in [6.07, 6.45) is -2.99. The SMILES string of the molecule is O=C(c1ccc(Nc2nc(NC3(c4ccc(Cl)cc4)CC3)nc(OCC(F)(F)F)n2)cc1)N1CC2CNCC2C1. The van der Waals surface area contributed by atoms with Crippen LogP contribution in [-0.2, 0) is 5.54 Å². The maximum atomic E-state index is 13.0. The van der Waals surface area contributed by atoms with Gasteiger partial charge in [0.05, 0.1) is 5.54 Å². The molecule has 2 atom stereocenters. The van der Waals surface area contributed by atoms with E-state index in [0.717, 1.165) is 44.6 Å². The lowest BCUT2D eigenvalue weighted by Crippen LogP contribution is -2.31. The van der Waals surface area contributed by atoms with E-state index in [4.69, 9.17) is 16.3 Å². The van der Waals surface area contributed by atoms with Gasteiger partial charge in [-0.25, -0.2) is 0 Å². The molecule has 3 aliphatic rings. The zero-order chi connectivity index (χ0) is 27.9. The van der Waals surface area contributed by atoms with Gasteiger partial charge >= 0.3 is 12.2 Å². The molecule has 2 saturated heterocycles. The van der Waals surface area contributed by atoms with Crippen LogP contribution in [0, 0.1) is 11.8 Å². The number of hydrogen-bond donors (Lipinski definition) is 3. The highest BCUT2D eigenvalue weighted by atomic mass is 35.5. The average Bonchev–Trinajstić information content (AvgIpc) is 3.36. The zero-order valence-electron chi connectivity index (χ0n) is 21.3. The minimum absolute atomic E-state index is 0.000486. The topological polar surface area (TPSA) is 104 Å². The maximum Gasteiger partial charge on any atom is 0.422 e. The Hall–Kier alpha value is -3.64. The van der Waals surface area contributed by atoms with Crippen LogP contribution in [0.2, 0.25) is 5.02 Å². The van der Waals surface area contributed by atoms with E-state index in [1.807, 2.05) is 17.0 Å². The second-order valence-corrected chi connectivity index (χ2v) is 10.9. The van der Waals surface area contributed by atoms with Crippen molar-refractivity contribution in [3.8, 4) is 6.01 Å². The molecule has 1 saturated carbocycles. The summed E-state index contributed by atoms with van der Waals surface area (Å²) in [4.78, 5) is 27.4. The number of aromatic nitrogens is 3. The number of amides is 1. The zero-order valence-corrected chi connectivity index (χ0v) is 22.1. The second kappa shape index (κ2) is 10.4. The predicted molar refractivity (Wildman–Crippen MR) is 143 cm³/mol. The minimum Gasteiger partial charge on any atom is -0.454 e. The van der Waals surface area contributed by atoms with Crippen LogP contribution in [-0.4, -0.2) is 64.7 Å². The van der Waals surface area contributed by atoms with Gasteiger partial charge in [0.2, 0.25) is 11.9 Å². The molecule has 6 rings (SSSR count). The maximum absolute atomic E-state index is 13.0. The molecule has 3 N–H and O–H groups in total. The molecule has 9 nitrogen and oxygen atoms in total. The van der Waals surface area contributed by atoms with Gasteiger partial charge in [-0.1, -0.05) is 23.7 Å². The molecule has 0 bridgehead atoms. The van der Waals surface area contributed by atoms with Gasteiger partial charge in [-0.3, -0.25) is 4.79 Å². The molecule has 3 fully saturated rings. The van der Waals surface area contributed by atoms with Crippen LogP contribution in [0.4, 0.5) is 30.8 Å². The van der Waals surface area contributed by atoms with Crippen LogP contribution in [0.1, 0.15) is 28.8 Å². The van der Waals surface area contributed by atoms with Crippen LogP contribution >= 0.6 is 11.6 Å². The summed E-state index contributed by atoms with van der Waals surface area (Å²) in [5, 5.41) is 10.2. The van der Waals surface area contributed by atoms with Crippen molar-refractivity contribution in [1.82, 2.24) is 25.2 Å². The van der Waals surface area contributed by atoms with Gasteiger partial charge in [0.15, 0.2) is 6.61 Å². The van der Waals surface area contributed by atoms with Gasteiger partial charge in [0.1, 0.15) is 0 Å². The molecule has 13 heteroatoms. The van der Waals surface area contributed by atoms with E-state index in [1.54, 1.807) is 36.4 Å².